The number of pyridine rings is 1. The Kier molecular flexibility index (Phi) is 5.98. The fourth-order valence-electron chi connectivity index (χ4n) is 3.97. The predicted molar refractivity (Wildman–Crippen MR) is 111 cm³/mol. The van der Waals surface area contributed by atoms with Gasteiger partial charge in [-0.25, -0.2) is 13.6 Å². The van der Waals surface area contributed by atoms with Crippen molar-refractivity contribution < 1.29 is 18.3 Å². The van der Waals surface area contributed by atoms with Gasteiger partial charge >= 0.3 is 11.7 Å². The number of ether oxygens (including phenoxy) is 1. The van der Waals surface area contributed by atoms with Crippen LogP contribution in [0.15, 0.2) is 52.3 Å². The van der Waals surface area contributed by atoms with Gasteiger partial charge in [-0.05, 0) is 54.7 Å². The molecule has 32 heavy (non-hydrogen) atoms. The molecule has 1 atom stereocenters. The zero-order valence-corrected chi connectivity index (χ0v) is 17.4. The van der Waals surface area contributed by atoms with Crippen molar-refractivity contribution in [2.24, 2.45) is 13.0 Å². The largest absolute Gasteiger partial charge is 0.461 e. The van der Waals surface area contributed by atoms with E-state index in [9.17, 15) is 23.2 Å². The molecule has 4 rings (SSSR count). The summed E-state index contributed by atoms with van der Waals surface area (Å²) in [4.78, 5) is 42.4. The molecule has 0 spiro atoms. The van der Waals surface area contributed by atoms with Crippen LogP contribution >= 0.6 is 0 Å². The predicted octanol–water partition coefficient (Wildman–Crippen LogP) is 2.12. The first-order valence-corrected chi connectivity index (χ1v) is 10.2. The van der Waals surface area contributed by atoms with Gasteiger partial charge in [-0.3, -0.25) is 19.1 Å². The minimum absolute atomic E-state index is 0.109. The Morgan fingerprint density at radius 2 is 1.88 bits per heavy atom. The van der Waals surface area contributed by atoms with Crippen molar-refractivity contribution in [1.82, 2.24) is 14.1 Å². The van der Waals surface area contributed by atoms with Gasteiger partial charge in [0.05, 0.1) is 12.5 Å². The van der Waals surface area contributed by atoms with E-state index in [2.05, 4.69) is 4.98 Å². The van der Waals surface area contributed by atoms with E-state index in [1.807, 2.05) is 0 Å². The van der Waals surface area contributed by atoms with Gasteiger partial charge in [0.2, 0.25) is 0 Å². The molecule has 0 bridgehead atoms. The monoisotopic (exact) mass is 441 g/mol. The summed E-state index contributed by atoms with van der Waals surface area (Å²) in [7, 11) is 1.56. The van der Waals surface area contributed by atoms with Crippen LogP contribution in [-0.4, -0.2) is 20.1 Å². The lowest BCUT2D eigenvalue weighted by Crippen LogP contribution is -2.45. The molecule has 1 aliphatic rings. The third kappa shape index (κ3) is 4.23. The maximum Gasteiger partial charge on any atom is 0.331 e. The standard InChI is InChI=1S/C23H21F2N3O4/c1-27-20-5-3-16(22(30)32-13-14-6-8-26-9-7-14)11-17(20)21(29)28(23(27)31)12-15-2-4-18(24)19(25)10-15/h2,4,6-10,16H,3,5,11-13H2,1H3. The summed E-state index contributed by atoms with van der Waals surface area (Å²) in [5.41, 5.74) is 0.969. The Bertz CT molecular complexity index is 1280. The van der Waals surface area contributed by atoms with Crippen molar-refractivity contribution in [2.75, 3.05) is 0 Å². The molecule has 2 aromatic heterocycles. The van der Waals surface area contributed by atoms with Crippen molar-refractivity contribution in [3.05, 3.63) is 97.6 Å². The van der Waals surface area contributed by atoms with Crippen molar-refractivity contribution in [3.8, 4) is 0 Å². The van der Waals surface area contributed by atoms with Crippen molar-refractivity contribution in [1.29, 1.82) is 0 Å². The number of nitrogens with zero attached hydrogens (tertiary/aromatic N) is 3. The highest BCUT2D eigenvalue weighted by Crippen LogP contribution is 2.24. The van der Waals surface area contributed by atoms with Crippen LogP contribution in [0.5, 0.6) is 0 Å². The minimum Gasteiger partial charge on any atom is -0.461 e. The van der Waals surface area contributed by atoms with Crippen LogP contribution in [0.4, 0.5) is 8.78 Å². The van der Waals surface area contributed by atoms with E-state index < -0.39 is 34.8 Å². The molecule has 1 unspecified atom stereocenters. The topological polar surface area (TPSA) is 83.2 Å². The normalized spacial score (nSPS) is 15.3. The van der Waals surface area contributed by atoms with Gasteiger partial charge in [0.25, 0.3) is 5.56 Å². The van der Waals surface area contributed by atoms with Gasteiger partial charge in [0, 0.05) is 30.7 Å². The van der Waals surface area contributed by atoms with Gasteiger partial charge in [-0.15, -0.1) is 0 Å². The third-order valence-corrected chi connectivity index (χ3v) is 5.74. The molecule has 0 saturated heterocycles. The first-order chi connectivity index (χ1) is 15.3. The number of hydrogen-bond acceptors (Lipinski definition) is 5. The van der Waals surface area contributed by atoms with Crippen LogP contribution in [0.25, 0.3) is 0 Å². The second-order valence-electron chi connectivity index (χ2n) is 7.81. The SMILES string of the molecule is Cn1c2c(c(=O)n(Cc3ccc(F)c(F)c3)c1=O)CC(C(=O)OCc1ccncc1)CC2. The number of esters is 1. The quantitative estimate of drug-likeness (QED) is 0.567. The molecule has 0 amide bonds. The highest BCUT2D eigenvalue weighted by Gasteiger charge is 2.30. The van der Waals surface area contributed by atoms with Gasteiger partial charge < -0.3 is 9.30 Å². The number of aromatic nitrogens is 3. The van der Waals surface area contributed by atoms with E-state index in [1.54, 1.807) is 31.6 Å². The molecule has 166 valence electrons. The van der Waals surface area contributed by atoms with Crippen LogP contribution in [0.1, 0.15) is 28.8 Å². The lowest BCUT2D eigenvalue weighted by atomic mass is 9.87. The minimum atomic E-state index is -1.05. The zero-order chi connectivity index (χ0) is 22.8. The molecule has 0 aliphatic heterocycles. The molecular weight excluding hydrogens is 420 g/mol. The first-order valence-electron chi connectivity index (χ1n) is 10.2. The van der Waals surface area contributed by atoms with Crippen LogP contribution < -0.4 is 11.2 Å². The van der Waals surface area contributed by atoms with Crippen LogP contribution in [0, 0.1) is 17.6 Å². The van der Waals surface area contributed by atoms with E-state index in [1.165, 1.54) is 10.6 Å². The smallest absolute Gasteiger partial charge is 0.331 e. The van der Waals surface area contributed by atoms with E-state index in [-0.39, 0.29) is 25.1 Å². The third-order valence-electron chi connectivity index (χ3n) is 5.74. The average Bonchev–Trinajstić information content (AvgIpc) is 2.81. The maximum atomic E-state index is 13.6. The summed E-state index contributed by atoms with van der Waals surface area (Å²) in [6.07, 6.45) is 4.21. The fourth-order valence-corrected chi connectivity index (χ4v) is 3.97. The number of hydrogen-bond donors (Lipinski definition) is 0. The number of carbonyl (C=O) groups excluding carboxylic acids is 1. The lowest BCUT2D eigenvalue weighted by Gasteiger charge is -2.25. The van der Waals surface area contributed by atoms with Crippen LogP contribution in [0.3, 0.4) is 0 Å². The molecule has 1 aliphatic carbocycles. The van der Waals surface area contributed by atoms with Crippen molar-refractivity contribution in [3.63, 3.8) is 0 Å². The number of halogens is 2. The van der Waals surface area contributed by atoms with E-state index in [4.69, 9.17) is 4.74 Å². The molecule has 2 heterocycles. The Balaban J connectivity index is 1.58. The Morgan fingerprint density at radius 1 is 1.12 bits per heavy atom. The summed E-state index contributed by atoms with van der Waals surface area (Å²) >= 11 is 0. The summed E-state index contributed by atoms with van der Waals surface area (Å²) in [6, 6.07) is 6.72. The molecule has 9 heteroatoms. The zero-order valence-electron chi connectivity index (χ0n) is 17.4. The number of carbonyl (C=O) groups is 1. The second-order valence-corrected chi connectivity index (χ2v) is 7.81. The summed E-state index contributed by atoms with van der Waals surface area (Å²) < 4.78 is 34.6. The number of rotatable bonds is 5. The average molecular weight is 441 g/mol. The molecule has 0 radical (unpaired) electrons. The van der Waals surface area contributed by atoms with Gasteiger partial charge in [0.15, 0.2) is 11.6 Å². The van der Waals surface area contributed by atoms with E-state index >= 15 is 0 Å². The van der Waals surface area contributed by atoms with Gasteiger partial charge in [0.1, 0.15) is 6.61 Å². The first kappa shape index (κ1) is 21.6. The van der Waals surface area contributed by atoms with Gasteiger partial charge in [-0.2, -0.15) is 0 Å². The van der Waals surface area contributed by atoms with Crippen molar-refractivity contribution in [2.45, 2.75) is 32.4 Å². The van der Waals surface area contributed by atoms with E-state index in [0.717, 1.165) is 22.3 Å². The van der Waals surface area contributed by atoms with Crippen LogP contribution in [-0.2, 0) is 42.6 Å². The lowest BCUT2D eigenvalue weighted by molar-refractivity contribution is -0.150. The highest BCUT2D eigenvalue weighted by atomic mass is 19.2. The molecular formula is C23H21F2N3O4. The fraction of sp³-hybridized carbons (Fsp3) is 0.304. The Labute approximate surface area is 181 Å². The highest BCUT2D eigenvalue weighted by molar-refractivity contribution is 5.73. The molecule has 1 aromatic carbocycles. The molecule has 7 nitrogen and oxygen atoms in total. The number of benzene rings is 1. The second kappa shape index (κ2) is 8.86. The molecule has 0 N–H and O–H groups in total. The number of fused-ring (bicyclic) bond motifs is 1. The molecule has 0 saturated carbocycles. The summed E-state index contributed by atoms with van der Waals surface area (Å²) in [6.45, 7) is -0.0918. The molecule has 3 aromatic rings. The summed E-state index contributed by atoms with van der Waals surface area (Å²) in [5.74, 6) is -2.98. The van der Waals surface area contributed by atoms with Crippen molar-refractivity contribution >= 4 is 5.97 Å². The summed E-state index contributed by atoms with van der Waals surface area (Å²) in [5, 5.41) is 0. The van der Waals surface area contributed by atoms with Gasteiger partial charge in [-0.1, -0.05) is 6.07 Å². The Morgan fingerprint density at radius 3 is 2.59 bits per heavy atom. The van der Waals surface area contributed by atoms with Crippen LogP contribution in [0.2, 0.25) is 0 Å². The Hall–Kier alpha value is -3.62. The maximum absolute atomic E-state index is 13.6. The van der Waals surface area contributed by atoms with E-state index in [0.29, 0.717) is 24.1 Å². The molecule has 0 fully saturated rings.